The third kappa shape index (κ3) is 10.7. The molecule has 18 heteroatoms. The van der Waals surface area contributed by atoms with Gasteiger partial charge >= 0.3 is 23.5 Å². The molecule has 0 spiro atoms. The van der Waals surface area contributed by atoms with Crippen molar-refractivity contribution in [3.63, 3.8) is 0 Å². The molecular formula is C6H15O15P3. The fraction of sp³-hybridized carbons (Fsp3) is 0.833. The van der Waals surface area contributed by atoms with Gasteiger partial charge in [0, 0.05) is 0 Å². The fourth-order valence-corrected chi connectivity index (χ4v) is 2.67. The van der Waals surface area contributed by atoms with Crippen LogP contribution < -0.4 is 0 Å². The second kappa shape index (κ2) is 9.03. The first-order valence-electron chi connectivity index (χ1n) is 5.55. The largest absolute Gasteiger partial charge is 0.470 e. The van der Waals surface area contributed by atoms with Gasteiger partial charge in [0.05, 0.1) is 6.61 Å². The number of aliphatic hydroxyl groups is 2. The van der Waals surface area contributed by atoms with E-state index in [4.69, 9.17) is 34.5 Å². The number of carbonyl (C=O) groups excluding carboxylic acids is 1. The fourth-order valence-electron chi connectivity index (χ4n) is 1.27. The van der Waals surface area contributed by atoms with E-state index >= 15 is 0 Å². The Morgan fingerprint density at radius 3 is 1.67 bits per heavy atom. The minimum absolute atomic E-state index is 1.28. The monoisotopic (exact) mass is 420 g/mol. The summed E-state index contributed by atoms with van der Waals surface area (Å²) in [6, 6.07) is 0. The molecule has 0 radical (unpaired) electrons. The topological polar surface area (TPSA) is 258 Å². The quantitative estimate of drug-likeness (QED) is 0.155. The molecule has 0 amide bonds. The Kier molecular flexibility index (Phi) is 9.00. The van der Waals surface area contributed by atoms with Gasteiger partial charge in [0.1, 0.15) is 18.8 Å². The van der Waals surface area contributed by atoms with Crippen LogP contribution in [0.5, 0.6) is 0 Å². The van der Waals surface area contributed by atoms with E-state index in [2.05, 4.69) is 13.6 Å². The van der Waals surface area contributed by atoms with Crippen LogP contribution in [0, 0.1) is 0 Å². The molecule has 0 rings (SSSR count). The van der Waals surface area contributed by atoms with Gasteiger partial charge in [-0.15, -0.1) is 0 Å². The van der Waals surface area contributed by atoms with Gasteiger partial charge in [0.15, 0.2) is 11.9 Å². The van der Waals surface area contributed by atoms with Gasteiger partial charge in [0.2, 0.25) is 0 Å². The summed E-state index contributed by atoms with van der Waals surface area (Å²) >= 11 is 0. The molecule has 0 fully saturated rings. The zero-order valence-electron chi connectivity index (χ0n) is 11.4. The van der Waals surface area contributed by atoms with Gasteiger partial charge in [-0.25, -0.2) is 13.7 Å². The average molecular weight is 420 g/mol. The van der Waals surface area contributed by atoms with Crippen LogP contribution in [0.3, 0.4) is 0 Å². The van der Waals surface area contributed by atoms with Crippen LogP contribution in [0.2, 0.25) is 0 Å². The highest BCUT2D eigenvalue weighted by Gasteiger charge is 2.43. The molecule has 8 N–H and O–H groups in total. The molecule has 0 aliphatic carbocycles. The number of Topliss-reactive ketones (excluding diaryl/α,β-unsaturated/α-hetero) is 1. The maximum absolute atomic E-state index is 11.8. The molecule has 0 saturated carbocycles. The van der Waals surface area contributed by atoms with E-state index in [0.29, 0.717) is 0 Å². The third-order valence-electron chi connectivity index (χ3n) is 2.07. The van der Waals surface area contributed by atoms with Crippen molar-refractivity contribution in [2.75, 3.05) is 13.2 Å². The van der Waals surface area contributed by atoms with Crippen LogP contribution in [-0.4, -0.2) is 76.9 Å². The van der Waals surface area contributed by atoms with Crippen molar-refractivity contribution in [3.8, 4) is 0 Å². The molecule has 0 bridgehead atoms. The maximum Gasteiger partial charge on any atom is 0.470 e. The number of aliphatic hydroxyl groups excluding tert-OH is 2. The Hall–Kier alpha value is -0.0800. The highest BCUT2D eigenvalue weighted by atomic mass is 31.2. The van der Waals surface area contributed by atoms with Crippen molar-refractivity contribution in [2.24, 2.45) is 0 Å². The molecule has 0 unspecified atom stereocenters. The molecule has 0 aliphatic rings. The Morgan fingerprint density at radius 2 is 1.33 bits per heavy atom. The number of phosphoric acid groups is 3. The predicted octanol–water partition coefficient (Wildman–Crippen LogP) is -3.03. The number of hydrogen-bond acceptors (Lipinski definition) is 9. The van der Waals surface area contributed by atoms with E-state index in [1.807, 2.05) is 0 Å². The third-order valence-corrected chi connectivity index (χ3v) is 3.55. The first-order chi connectivity index (χ1) is 10.6. The second-order valence-electron chi connectivity index (χ2n) is 4.06. The van der Waals surface area contributed by atoms with Crippen LogP contribution in [0.25, 0.3) is 0 Å². The summed E-state index contributed by atoms with van der Waals surface area (Å²) in [7, 11) is -16.1. The van der Waals surface area contributed by atoms with Crippen molar-refractivity contribution < 1.29 is 71.6 Å². The number of ketones is 1. The molecule has 15 nitrogen and oxygen atoms in total. The minimum Gasteiger partial charge on any atom is -0.394 e. The van der Waals surface area contributed by atoms with E-state index in [1.54, 1.807) is 0 Å². The zero-order chi connectivity index (χ0) is 19.3. The summed E-state index contributed by atoms with van der Waals surface area (Å²) in [5.74, 6) is -1.66. The Bertz CT molecular complexity index is 556. The standard InChI is InChI=1S/C6H15O15P3/c7-1-3(8)5(20-23(13,14)15)6(21-24(16,17)18)4(9)2-19-22(10,11)12/h3,5-8H,1-2H2,(H2,10,11,12)(H2,13,14,15)(H2,16,17,18)/t3-,5-,6+/m1/s1. The van der Waals surface area contributed by atoms with E-state index in [0.717, 1.165) is 0 Å². The van der Waals surface area contributed by atoms with Gasteiger partial charge in [-0.2, -0.15) is 0 Å². The summed E-state index contributed by atoms with van der Waals surface area (Å²) in [5.41, 5.74) is 0. The minimum atomic E-state index is -5.51. The highest BCUT2D eigenvalue weighted by molar-refractivity contribution is 7.47. The lowest BCUT2D eigenvalue weighted by Gasteiger charge is -2.29. The van der Waals surface area contributed by atoms with E-state index in [1.165, 1.54) is 0 Å². The molecule has 0 aliphatic heterocycles. The molecule has 0 aromatic heterocycles. The van der Waals surface area contributed by atoms with Gasteiger partial charge in [-0.3, -0.25) is 18.4 Å². The van der Waals surface area contributed by atoms with E-state index in [-0.39, 0.29) is 0 Å². The van der Waals surface area contributed by atoms with Crippen LogP contribution in [0.4, 0.5) is 0 Å². The Morgan fingerprint density at radius 1 is 0.875 bits per heavy atom. The van der Waals surface area contributed by atoms with Gasteiger partial charge in [-0.1, -0.05) is 0 Å². The van der Waals surface area contributed by atoms with Crippen molar-refractivity contribution in [1.29, 1.82) is 0 Å². The molecule has 0 heterocycles. The van der Waals surface area contributed by atoms with Crippen LogP contribution in [-0.2, 0) is 32.1 Å². The Labute approximate surface area is 133 Å². The first-order valence-corrected chi connectivity index (χ1v) is 10.1. The van der Waals surface area contributed by atoms with Crippen LogP contribution in [0.1, 0.15) is 0 Å². The molecule has 0 saturated heterocycles. The van der Waals surface area contributed by atoms with Gasteiger partial charge in [-0.05, 0) is 0 Å². The lowest BCUT2D eigenvalue weighted by molar-refractivity contribution is -0.140. The number of rotatable bonds is 11. The van der Waals surface area contributed by atoms with Crippen LogP contribution in [0.15, 0.2) is 0 Å². The van der Waals surface area contributed by atoms with E-state index < -0.39 is 60.8 Å². The zero-order valence-corrected chi connectivity index (χ0v) is 14.1. The summed E-state index contributed by atoms with van der Waals surface area (Å²) in [5, 5.41) is 18.2. The second-order valence-corrected chi connectivity index (χ2v) is 7.68. The van der Waals surface area contributed by atoms with Crippen molar-refractivity contribution in [3.05, 3.63) is 0 Å². The lowest BCUT2D eigenvalue weighted by atomic mass is 10.1. The van der Waals surface area contributed by atoms with Crippen LogP contribution >= 0.6 is 23.5 Å². The maximum atomic E-state index is 11.8. The summed E-state index contributed by atoms with van der Waals surface area (Å²) in [6.45, 7) is -2.80. The molecule has 144 valence electrons. The molecule has 0 aromatic carbocycles. The molecule has 24 heavy (non-hydrogen) atoms. The average Bonchev–Trinajstić information content (AvgIpc) is 2.36. The predicted molar refractivity (Wildman–Crippen MR) is 69.9 cm³/mol. The normalized spacial score (nSPS) is 17.3. The number of phosphoric ester groups is 3. The van der Waals surface area contributed by atoms with Gasteiger partial charge in [0.25, 0.3) is 0 Å². The number of carbonyl (C=O) groups is 1. The van der Waals surface area contributed by atoms with Crippen molar-refractivity contribution in [1.82, 2.24) is 0 Å². The first kappa shape index (κ1) is 23.9. The summed E-state index contributed by atoms with van der Waals surface area (Å²) in [6.07, 6.45) is -7.42. The van der Waals surface area contributed by atoms with Crippen molar-refractivity contribution in [2.45, 2.75) is 18.3 Å². The summed E-state index contributed by atoms with van der Waals surface area (Å²) in [4.78, 5) is 63.5. The smallest absolute Gasteiger partial charge is 0.394 e. The Balaban J connectivity index is 5.60. The molecular weight excluding hydrogens is 405 g/mol. The highest BCUT2D eigenvalue weighted by Crippen LogP contribution is 2.44. The van der Waals surface area contributed by atoms with E-state index in [9.17, 15) is 23.6 Å². The van der Waals surface area contributed by atoms with Gasteiger partial charge < -0.3 is 39.6 Å². The molecule has 0 aromatic rings. The molecule has 3 atom stereocenters. The lowest BCUT2D eigenvalue weighted by Crippen LogP contribution is -2.47. The number of hydrogen-bond donors (Lipinski definition) is 8. The van der Waals surface area contributed by atoms with Crippen molar-refractivity contribution >= 4 is 29.3 Å². The SMILES string of the molecule is O=C(COP(=O)(O)O)[C@H](OP(=O)(O)O)[C@H](OP(=O)(O)O)[C@H](O)CO. The summed E-state index contributed by atoms with van der Waals surface area (Å²) < 4.78 is 43.9.